The van der Waals surface area contributed by atoms with Crippen molar-refractivity contribution in [1.29, 1.82) is 0 Å². The van der Waals surface area contributed by atoms with Crippen LogP contribution in [0.5, 0.6) is 11.5 Å². The summed E-state index contributed by atoms with van der Waals surface area (Å²) in [5.41, 5.74) is 1.68. The lowest BCUT2D eigenvalue weighted by molar-refractivity contribution is 0.466. The van der Waals surface area contributed by atoms with Crippen molar-refractivity contribution in [1.82, 2.24) is 4.57 Å². The zero-order valence-electron chi connectivity index (χ0n) is 15.6. The molecule has 0 saturated heterocycles. The van der Waals surface area contributed by atoms with Crippen LogP contribution in [0.4, 0.5) is 0 Å². The molecule has 28 heavy (non-hydrogen) atoms. The minimum Gasteiger partial charge on any atom is -0.456 e. The van der Waals surface area contributed by atoms with Gasteiger partial charge in [0.05, 0.1) is 21.7 Å². The number of hydrogen-bond acceptors (Lipinski definition) is 4. The molecular weight excluding hydrogens is 442 g/mol. The molecule has 0 unspecified atom stereocenters. The predicted molar refractivity (Wildman–Crippen MR) is 113 cm³/mol. The van der Waals surface area contributed by atoms with Crippen LogP contribution in [0.3, 0.4) is 0 Å². The van der Waals surface area contributed by atoms with Crippen LogP contribution in [0, 0.1) is 6.92 Å². The van der Waals surface area contributed by atoms with Crippen molar-refractivity contribution in [2.45, 2.75) is 25.3 Å². The molecule has 7 heteroatoms. The average molecular weight is 462 g/mol. The topological polar surface area (TPSA) is 65.4 Å². The number of sulfone groups is 1. The highest BCUT2D eigenvalue weighted by Crippen LogP contribution is 2.35. The Bertz CT molecular complexity index is 1170. The molecule has 0 aliphatic heterocycles. The SMILES string of the molecule is CCS(=O)(=O)c1ccc(Oc2c(C)cccc2Cn2ccccc2=O)c(Br)c1. The molecule has 0 bridgehead atoms. The van der Waals surface area contributed by atoms with Gasteiger partial charge >= 0.3 is 0 Å². The van der Waals surface area contributed by atoms with Gasteiger partial charge in [-0.1, -0.05) is 31.2 Å². The Labute approximate surface area is 172 Å². The van der Waals surface area contributed by atoms with E-state index in [2.05, 4.69) is 15.9 Å². The van der Waals surface area contributed by atoms with Gasteiger partial charge in [-0.05, 0) is 52.7 Å². The first-order chi connectivity index (χ1) is 13.3. The number of hydrogen-bond donors (Lipinski definition) is 0. The van der Waals surface area contributed by atoms with E-state index < -0.39 is 9.84 Å². The minimum absolute atomic E-state index is 0.0351. The van der Waals surface area contributed by atoms with E-state index in [-0.39, 0.29) is 16.2 Å². The fourth-order valence-corrected chi connectivity index (χ4v) is 4.31. The molecule has 2 aromatic carbocycles. The van der Waals surface area contributed by atoms with E-state index in [9.17, 15) is 13.2 Å². The summed E-state index contributed by atoms with van der Waals surface area (Å²) in [6.45, 7) is 3.91. The van der Waals surface area contributed by atoms with Gasteiger partial charge in [-0.3, -0.25) is 4.79 Å². The molecular formula is C21H20BrNO4S. The van der Waals surface area contributed by atoms with Crippen molar-refractivity contribution in [2.24, 2.45) is 0 Å². The Balaban J connectivity index is 1.97. The fourth-order valence-electron chi connectivity index (χ4n) is 2.79. The molecule has 0 amide bonds. The molecule has 3 rings (SSSR count). The summed E-state index contributed by atoms with van der Waals surface area (Å²) in [6.07, 6.45) is 1.73. The van der Waals surface area contributed by atoms with Crippen LogP contribution in [0.15, 0.2) is 75.0 Å². The Morgan fingerprint density at radius 2 is 1.86 bits per heavy atom. The fraction of sp³-hybridized carbons (Fsp3) is 0.190. The normalized spacial score (nSPS) is 11.4. The van der Waals surface area contributed by atoms with Gasteiger partial charge in [0, 0.05) is 17.8 Å². The van der Waals surface area contributed by atoms with E-state index in [0.29, 0.717) is 22.5 Å². The minimum atomic E-state index is -3.30. The van der Waals surface area contributed by atoms with Crippen molar-refractivity contribution >= 4 is 25.8 Å². The van der Waals surface area contributed by atoms with Crippen molar-refractivity contribution in [3.8, 4) is 11.5 Å². The molecule has 0 saturated carbocycles. The third-order valence-electron chi connectivity index (χ3n) is 4.39. The summed E-state index contributed by atoms with van der Waals surface area (Å²) in [5.74, 6) is 1.18. The smallest absolute Gasteiger partial charge is 0.250 e. The summed E-state index contributed by atoms with van der Waals surface area (Å²) in [7, 11) is -3.30. The summed E-state index contributed by atoms with van der Waals surface area (Å²) in [4.78, 5) is 12.3. The number of benzene rings is 2. The molecule has 0 fully saturated rings. The Morgan fingerprint density at radius 1 is 1.07 bits per heavy atom. The largest absolute Gasteiger partial charge is 0.456 e. The number of halogens is 1. The van der Waals surface area contributed by atoms with Crippen LogP contribution < -0.4 is 10.3 Å². The number of para-hydroxylation sites is 1. The van der Waals surface area contributed by atoms with Gasteiger partial charge in [-0.25, -0.2) is 8.42 Å². The number of aryl methyl sites for hydroxylation is 1. The van der Waals surface area contributed by atoms with E-state index in [1.54, 1.807) is 48.0 Å². The summed E-state index contributed by atoms with van der Waals surface area (Å²) in [5, 5.41) is 0. The first-order valence-corrected chi connectivity index (χ1v) is 11.2. The number of nitrogens with zero attached hydrogens (tertiary/aromatic N) is 1. The van der Waals surface area contributed by atoms with Gasteiger partial charge < -0.3 is 9.30 Å². The molecule has 1 aromatic heterocycles. The highest BCUT2D eigenvalue weighted by molar-refractivity contribution is 9.10. The molecule has 0 aliphatic rings. The first-order valence-electron chi connectivity index (χ1n) is 8.76. The van der Waals surface area contributed by atoms with Crippen molar-refractivity contribution < 1.29 is 13.2 Å². The number of ether oxygens (including phenoxy) is 1. The molecule has 0 aliphatic carbocycles. The lowest BCUT2D eigenvalue weighted by Crippen LogP contribution is -2.18. The molecule has 5 nitrogen and oxygen atoms in total. The molecule has 0 spiro atoms. The Hall–Kier alpha value is -2.38. The molecule has 0 radical (unpaired) electrons. The molecule has 146 valence electrons. The van der Waals surface area contributed by atoms with Gasteiger partial charge in [-0.2, -0.15) is 0 Å². The van der Waals surface area contributed by atoms with E-state index in [1.165, 1.54) is 6.07 Å². The van der Waals surface area contributed by atoms with Crippen molar-refractivity contribution in [3.05, 3.63) is 86.7 Å². The lowest BCUT2D eigenvalue weighted by Gasteiger charge is -2.16. The van der Waals surface area contributed by atoms with Gasteiger partial charge in [0.25, 0.3) is 5.56 Å². The highest BCUT2D eigenvalue weighted by atomic mass is 79.9. The second kappa shape index (κ2) is 8.32. The standard InChI is InChI=1S/C21H20BrNO4S/c1-3-28(25,26)17-10-11-19(18(22)13-17)27-21-15(2)7-6-8-16(21)14-23-12-5-4-9-20(23)24/h4-13H,3,14H2,1-2H3. The Kier molecular flexibility index (Phi) is 6.05. The highest BCUT2D eigenvalue weighted by Gasteiger charge is 2.16. The van der Waals surface area contributed by atoms with Crippen LogP contribution in [0.1, 0.15) is 18.1 Å². The zero-order chi connectivity index (χ0) is 20.3. The maximum absolute atomic E-state index is 12.1. The van der Waals surface area contributed by atoms with Crippen LogP contribution in [0.25, 0.3) is 0 Å². The van der Waals surface area contributed by atoms with E-state index in [0.717, 1.165) is 11.1 Å². The summed E-state index contributed by atoms with van der Waals surface area (Å²) >= 11 is 3.41. The molecule has 0 atom stereocenters. The summed E-state index contributed by atoms with van der Waals surface area (Å²) < 4.78 is 32.4. The number of pyridine rings is 1. The van der Waals surface area contributed by atoms with Crippen LogP contribution in [-0.2, 0) is 16.4 Å². The van der Waals surface area contributed by atoms with Crippen LogP contribution in [-0.4, -0.2) is 18.7 Å². The van der Waals surface area contributed by atoms with Crippen LogP contribution >= 0.6 is 15.9 Å². The quantitative estimate of drug-likeness (QED) is 0.539. The summed E-state index contributed by atoms with van der Waals surface area (Å²) in [6, 6.07) is 15.5. The van der Waals surface area contributed by atoms with Gasteiger partial charge in [0.2, 0.25) is 0 Å². The van der Waals surface area contributed by atoms with Crippen LogP contribution in [0.2, 0.25) is 0 Å². The number of rotatable bonds is 6. The first kappa shape index (κ1) is 20.4. The third-order valence-corrected chi connectivity index (χ3v) is 6.74. The Morgan fingerprint density at radius 3 is 2.54 bits per heavy atom. The van der Waals surface area contributed by atoms with E-state index >= 15 is 0 Å². The molecule has 0 N–H and O–H groups in total. The maximum atomic E-state index is 12.1. The lowest BCUT2D eigenvalue weighted by atomic mass is 10.1. The van der Waals surface area contributed by atoms with Gasteiger partial charge in [0.15, 0.2) is 9.84 Å². The molecule has 1 heterocycles. The third kappa shape index (κ3) is 4.36. The monoisotopic (exact) mass is 461 g/mol. The van der Waals surface area contributed by atoms with Gasteiger partial charge in [0.1, 0.15) is 11.5 Å². The second-order valence-corrected chi connectivity index (χ2v) is 9.46. The van der Waals surface area contributed by atoms with E-state index in [1.807, 2.05) is 25.1 Å². The van der Waals surface area contributed by atoms with E-state index in [4.69, 9.17) is 4.74 Å². The van der Waals surface area contributed by atoms with Crippen molar-refractivity contribution in [3.63, 3.8) is 0 Å². The number of aromatic nitrogens is 1. The second-order valence-electron chi connectivity index (χ2n) is 6.33. The maximum Gasteiger partial charge on any atom is 0.250 e. The predicted octanol–water partition coefficient (Wildman–Crippen LogP) is 4.55. The molecule has 3 aromatic rings. The zero-order valence-corrected chi connectivity index (χ0v) is 18.0. The van der Waals surface area contributed by atoms with Crippen molar-refractivity contribution in [2.75, 3.05) is 5.75 Å². The average Bonchev–Trinajstić information content (AvgIpc) is 2.67. The van der Waals surface area contributed by atoms with Gasteiger partial charge in [-0.15, -0.1) is 0 Å².